The fourth-order valence-corrected chi connectivity index (χ4v) is 5.69. The molecule has 2 amide bonds. The van der Waals surface area contributed by atoms with E-state index in [1.54, 1.807) is 24.3 Å². The van der Waals surface area contributed by atoms with Crippen LogP contribution in [0, 0.1) is 11.8 Å². The van der Waals surface area contributed by atoms with E-state index in [4.69, 9.17) is 4.74 Å². The summed E-state index contributed by atoms with van der Waals surface area (Å²) in [6.45, 7) is 2.36. The van der Waals surface area contributed by atoms with E-state index >= 15 is 0 Å². The molecule has 0 aromatic heterocycles. The van der Waals surface area contributed by atoms with Gasteiger partial charge in [0.2, 0.25) is 11.8 Å². The van der Waals surface area contributed by atoms with Gasteiger partial charge in [-0.3, -0.25) is 19.7 Å². The third-order valence-corrected chi connectivity index (χ3v) is 7.53. The number of nitrogens with zero attached hydrogens (tertiary/aromatic N) is 1. The number of carboxylic acid groups (broad SMARTS) is 1. The molecule has 2 N–H and O–H groups in total. The highest BCUT2D eigenvalue weighted by molar-refractivity contribution is 9.10. The van der Waals surface area contributed by atoms with Crippen LogP contribution in [0.5, 0.6) is 5.75 Å². The van der Waals surface area contributed by atoms with Crippen molar-refractivity contribution in [3.63, 3.8) is 0 Å². The summed E-state index contributed by atoms with van der Waals surface area (Å²) in [4.78, 5) is 41.9. The molecule has 0 radical (unpaired) electrons. The Kier molecular flexibility index (Phi) is 6.40. The Morgan fingerprint density at radius 2 is 1.67 bits per heavy atom. The van der Waals surface area contributed by atoms with Crippen molar-refractivity contribution in [1.29, 1.82) is 0 Å². The summed E-state index contributed by atoms with van der Waals surface area (Å²) >= 11 is 3.42. The fourth-order valence-electron chi connectivity index (χ4n) is 5.42. The molecule has 3 aromatic carbocycles. The van der Waals surface area contributed by atoms with Crippen molar-refractivity contribution in [1.82, 2.24) is 5.32 Å². The Balaban J connectivity index is 1.61. The molecule has 2 saturated heterocycles. The summed E-state index contributed by atoms with van der Waals surface area (Å²) in [6, 6.07) is 22.6. The first-order valence-corrected chi connectivity index (χ1v) is 12.6. The molecule has 0 aliphatic carbocycles. The van der Waals surface area contributed by atoms with Crippen molar-refractivity contribution in [2.24, 2.45) is 11.8 Å². The van der Waals surface area contributed by atoms with Crippen molar-refractivity contribution in [2.45, 2.75) is 24.9 Å². The second-order valence-electron chi connectivity index (χ2n) is 9.05. The van der Waals surface area contributed by atoms with Gasteiger partial charge in [-0.05, 0) is 54.4 Å². The van der Waals surface area contributed by atoms with E-state index in [1.165, 1.54) is 0 Å². The Hall–Kier alpha value is -3.49. The van der Waals surface area contributed by atoms with Crippen LogP contribution in [0.2, 0.25) is 0 Å². The molecule has 8 heteroatoms. The number of anilines is 1. The van der Waals surface area contributed by atoms with Crippen molar-refractivity contribution in [3.8, 4) is 5.75 Å². The summed E-state index contributed by atoms with van der Waals surface area (Å²) in [5, 5.41) is 13.8. The first kappa shape index (κ1) is 24.2. The topological polar surface area (TPSA) is 95.9 Å². The number of imide groups is 1. The highest BCUT2D eigenvalue weighted by atomic mass is 79.9. The van der Waals surface area contributed by atoms with Crippen LogP contribution >= 0.6 is 15.9 Å². The van der Waals surface area contributed by atoms with Gasteiger partial charge < -0.3 is 9.84 Å². The molecule has 2 aliphatic rings. The zero-order valence-corrected chi connectivity index (χ0v) is 21.1. The number of halogens is 1. The molecule has 0 unspecified atom stereocenters. The predicted molar refractivity (Wildman–Crippen MR) is 138 cm³/mol. The number of rotatable bonds is 7. The third-order valence-electron chi connectivity index (χ3n) is 7.00. The normalized spacial score (nSPS) is 25.2. The van der Waals surface area contributed by atoms with E-state index in [-0.39, 0.29) is 6.42 Å². The first-order chi connectivity index (χ1) is 17.4. The third kappa shape index (κ3) is 4.00. The largest absolute Gasteiger partial charge is 0.494 e. The van der Waals surface area contributed by atoms with E-state index in [9.17, 15) is 19.5 Å². The Bertz CT molecular complexity index is 1300. The van der Waals surface area contributed by atoms with Crippen molar-refractivity contribution >= 4 is 39.4 Å². The molecule has 0 bridgehead atoms. The zero-order chi connectivity index (χ0) is 25.4. The minimum Gasteiger partial charge on any atom is -0.494 e. The molecule has 5 rings (SSSR count). The van der Waals surface area contributed by atoms with E-state index in [2.05, 4.69) is 21.2 Å². The number of nitrogens with one attached hydrogen (secondary N) is 1. The SMILES string of the molecule is CCOc1ccc(N2C(=O)[C@H]3[C@@H](C2=O)[C@@](Cc2ccccc2)(C(=O)O)N[C@H]3c2ccc(Br)cc2)cc1. The van der Waals surface area contributed by atoms with Crippen molar-refractivity contribution < 1.29 is 24.2 Å². The molecule has 184 valence electrons. The number of hydrogen-bond acceptors (Lipinski definition) is 5. The monoisotopic (exact) mass is 548 g/mol. The number of hydrogen-bond donors (Lipinski definition) is 2. The van der Waals surface area contributed by atoms with Crippen LogP contribution < -0.4 is 15.0 Å². The van der Waals surface area contributed by atoms with Gasteiger partial charge in [0.1, 0.15) is 11.3 Å². The number of benzene rings is 3. The van der Waals surface area contributed by atoms with E-state index in [1.807, 2.05) is 61.5 Å². The second kappa shape index (κ2) is 9.52. The number of fused-ring (bicyclic) bond motifs is 1. The van der Waals surface area contributed by atoms with Gasteiger partial charge in [-0.15, -0.1) is 0 Å². The van der Waals surface area contributed by atoms with Gasteiger partial charge in [-0.25, -0.2) is 4.90 Å². The molecule has 2 heterocycles. The summed E-state index contributed by atoms with van der Waals surface area (Å²) in [6.07, 6.45) is 0.0630. The number of carbonyl (C=O) groups excluding carboxylic acids is 2. The first-order valence-electron chi connectivity index (χ1n) is 11.8. The highest BCUT2D eigenvalue weighted by Gasteiger charge is 2.68. The van der Waals surface area contributed by atoms with Crippen LogP contribution in [0.4, 0.5) is 5.69 Å². The van der Waals surface area contributed by atoms with Crippen molar-refractivity contribution in [3.05, 3.63) is 94.5 Å². The van der Waals surface area contributed by atoms with Gasteiger partial charge in [0.05, 0.1) is 24.1 Å². The maximum absolute atomic E-state index is 13.9. The lowest BCUT2D eigenvalue weighted by atomic mass is 9.76. The summed E-state index contributed by atoms with van der Waals surface area (Å²) in [7, 11) is 0. The lowest BCUT2D eigenvalue weighted by Crippen LogP contribution is -2.57. The molecule has 3 aromatic rings. The van der Waals surface area contributed by atoms with Gasteiger partial charge in [-0.2, -0.15) is 0 Å². The number of carboxylic acids is 1. The number of carbonyl (C=O) groups is 3. The number of ether oxygens (including phenoxy) is 1. The van der Waals surface area contributed by atoms with Crippen LogP contribution in [-0.2, 0) is 20.8 Å². The van der Waals surface area contributed by atoms with Gasteiger partial charge in [0, 0.05) is 16.9 Å². The Morgan fingerprint density at radius 3 is 2.28 bits per heavy atom. The molecule has 2 aliphatic heterocycles. The lowest BCUT2D eigenvalue weighted by Gasteiger charge is -2.31. The van der Waals surface area contributed by atoms with Crippen LogP contribution in [0.25, 0.3) is 0 Å². The Labute approximate surface area is 217 Å². The predicted octanol–water partition coefficient (Wildman–Crippen LogP) is 4.36. The minimum atomic E-state index is -1.66. The van der Waals surface area contributed by atoms with Crippen LogP contribution in [0.1, 0.15) is 24.1 Å². The van der Waals surface area contributed by atoms with Gasteiger partial charge in [-0.1, -0.05) is 58.4 Å². The highest BCUT2D eigenvalue weighted by Crippen LogP contribution is 2.51. The van der Waals surface area contributed by atoms with Crippen molar-refractivity contribution in [2.75, 3.05) is 11.5 Å². The number of amides is 2. The molecule has 2 fully saturated rings. The summed E-state index contributed by atoms with van der Waals surface area (Å²) < 4.78 is 6.35. The molecule has 36 heavy (non-hydrogen) atoms. The van der Waals surface area contributed by atoms with E-state index < -0.39 is 41.2 Å². The van der Waals surface area contributed by atoms with Gasteiger partial charge in [0.25, 0.3) is 0 Å². The molecular weight excluding hydrogens is 524 g/mol. The maximum Gasteiger partial charge on any atom is 0.325 e. The van der Waals surface area contributed by atoms with E-state index in [0.717, 1.165) is 20.5 Å². The fraction of sp³-hybridized carbons (Fsp3) is 0.250. The standard InChI is InChI=1S/C28H25BrN2O5/c1-2-36-21-14-12-20(13-15-21)31-25(32)22-23(26(31)33)28(27(34)35,16-17-6-4-3-5-7-17)30-24(22)18-8-10-19(29)11-9-18/h3-15,22-24,30H,2,16H2,1H3,(H,34,35)/t22-,23-,24-,28-/m0/s1. The minimum absolute atomic E-state index is 0.0630. The Morgan fingerprint density at radius 1 is 1.00 bits per heavy atom. The second-order valence-corrected chi connectivity index (χ2v) is 9.97. The molecular formula is C28H25BrN2O5. The quantitative estimate of drug-likeness (QED) is 0.426. The van der Waals surface area contributed by atoms with Gasteiger partial charge >= 0.3 is 5.97 Å². The zero-order valence-electron chi connectivity index (χ0n) is 19.6. The molecule has 0 saturated carbocycles. The molecule has 7 nitrogen and oxygen atoms in total. The smallest absolute Gasteiger partial charge is 0.325 e. The van der Waals surface area contributed by atoms with Crippen LogP contribution in [-0.4, -0.2) is 35.0 Å². The average Bonchev–Trinajstić information content (AvgIpc) is 3.35. The molecule has 0 spiro atoms. The average molecular weight is 549 g/mol. The van der Waals surface area contributed by atoms with Crippen LogP contribution in [0.15, 0.2) is 83.3 Å². The maximum atomic E-state index is 13.9. The lowest BCUT2D eigenvalue weighted by molar-refractivity contribution is -0.148. The molecule has 4 atom stereocenters. The summed E-state index contributed by atoms with van der Waals surface area (Å²) in [5.74, 6) is -3.41. The number of aliphatic carboxylic acids is 1. The van der Waals surface area contributed by atoms with Gasteiger partial charge in [0.15, 0.2) is 0 Å². The van der Waals surface area contributed by atoms with E-state index in [0.29, 0.717) is 18.0 Å². The summed E-state index contributed by atoms with van der Waals surface area (Å²) in [5.41, 5.74) is 0.258. The van der Waals surface area contributed by atoms with Crippen LogP contribution in [0.3, 0.4) is 0 Å².